The molecule has 0 amide bonds. The van der Waals surface area contributed by atoms with Crippen LogP contribution in [0.5, 0.6) is 0 Å². The molecule has 0 saturated carbocycles. The van der Waals surface area contributed by atoms with Gasteiger partial charge in [0.25, 0.3) is 0 Å². The number of carbonyl (C=O) groups excluding carboxylic acids is 1. The minimum Gasteiger partial charge on any atom is -0.289 e. The van der Waals surface area contributed by atoms with Gasteiger partial charge in [-0.1, -0.05) is 12.1 Å². The van der Waals surface area contributed by atoms with Crippen LogP contribution >= 0.6 is 0 Å². The van der Waals surface area contributed by atoms with E-state index >= 15 is 0 Å². The van der Waals surface area contributed by atoms with Crippen LogP contribution in [0.2, 0.25) is 0 Å². The summed E-state index contributed by atoms with van der Waals surface area (Å²) in [6, 6.07) is 8.89. The number of aromatic nitrogens is 1. The van der Waals surface area contributed by atoms with E-state index in [-0.39, 0.29) is 11.3 Å². The molecule has 3 nitrogen and oxygen atoms in total. The number of rotatable bonds is 0. The maximum atomic E-state index is 11.9. The molecule has 0 bridgehead atoms. The summed E-state index contributed by atoms with van der Waals surface area (Å²) in [6.07, 6.45) is 2.22. The molecule has 0 fully saturated rings. The third-order valence-electron chi connectivity index (χ3n) is 3.07. The summed E-state index contributed by atoms with van der Waals surface area (Å²) < 4.78 is 1.69. The van der Waals surface area contributed by atoms with Gasteiger partial charge in [0.2, 0.25) is 5.91 Å². The average Bonchev–Trinajstić information content (AvgIpc) is 2.29. The van der Waals surface area contributed by atoms with Crippen molar-refractivity contribution in [3.63, 3.8) is 0 Å². The van der Waals surface area contributed by atoms with E-state index < -0.39 is 0 Å². The van der Waals surface area contributed by atoms with Gasteiger partial charge in [0.05, 0.1) is 5.52 Å². The van der Waals surface area contributed by atoms with Gasteiger partial charge in [0.1, 0.15) is 0 Å². The van der Waals surface area contributed by atoms with Crippen LogP contribution in [-0.4, -0.2) is 10.5 Å². The standard InChI is InChI=1S/C13H11NO2/c15-12-8-9-4-3-7-13(16)14(9)11-6-2-1-5-10(11)12/h1-2,5-6,8H,3-4,7H2. The number of hydrogen-bond acceptors (Lipinski definition) is 2. The first-order valence-corrected chi connectivity index (χ1v) is 5.44. The van der Waals surface area contributed by atoms with Crippen molar-refractivity contribution in [2.45, 2.75) is 19.3 Å². The molecule has 16 heavy (non-hydrogen) atoms. The molecular formula is C13H11NO2. The minimum absolute atomic E-state index is 0.0107. The van der Waals surface area contributed by atoms with Crippen LogP contribution in [0.25, 0.3) is 10.9 Å². The highest BCUT2D eigenvalue weighted by molar-refractivity contribution is 5.92. The van der Waals surface area contributed by atoms with E-state index in [1.807, 2.05) is 18.2 Å². The molecule has 0 spiro atoms. The van der Waals surface area contributed by atoms with E-state index in [9.17, 15) is 9.59 Å². The molecule has 1 aliphatic heterocycles. The number of carbonyl (C=O) groups is 1. The van der Waals surface area contributed by atoms with Crippen LogP contribution < -0.4 is 5.43 Å². The Bertz CT molecular complexity index is 640. The highest BCUT2D eigenvalue weighted by Gasteiger charge is 2.18. The molecule has 1 aromatic carbocycles. The number of pyridine rings is 1. The molecule has 0 aliphatic carbocycles. The van der Waals surface area contributed by atoms with Crippen LogP contribution in [0.15, 0.2) is 35.1 Å². The highest BCUT2D eigenvalue weighted by Crippen LogP contribution is 2.19. The monoisotopic (exact) mass is 213 g/mol. The van der Waals surface area contributed by atoms with Gasteiger partial charge in [0, 0.05) is 23.6 Å². The summed E-state index contributed by atoms with van der Waals surface area (Å²) in [6.45, 7) is 0. The lowest BCUT2D eigenvalue weighted by atomic mass is 10.0. The van der Waals surface area contributed by atoms with E-state index in [1.54, 1.807) is 16.7 Å². The first kappa shape index (κ1) is 9.33. The third-order valence-corrected chi connectivity index (χ3v) is 3.07. The van der Waals surface area contributed by atoms with Crippen molar-refractivity contribution in [3.05, 3.63) is 46.2 Å². The Hall–Kier alpha value is -1.90. The summed E-state index contributed by atoms with van der Waals surface area (Å²) in [5.74, 6) is 0.0949. The molecule has 80 valence electrons. The quantitative estimate of drug-likeness (QED) is 0.671. The lowest BCUT2D eigenvalue weighted by molar-refractivity contribution is 0.0888. The molecule has 0 radical (unpaired) electrons. The van der Waals surface area contributed by atoms with Crippen LogP contribution in [0.3, 0.4) is 0 Å². The van der Waals surface area contributed by atoms with Crippen LogP contribution in [0.1, 0.15) is 23.3 Å². The number of benzene rings is 1. The molecule has 0 atom stereocenters. The van der Waals surface area contributed by atoms with Gasteiger partial charge < -0.3 is 0 Å². The summed E-state index contributed by atoms with van der Waals surface area (Å²) in [7, 11) is 0. The molecule has 2 heterocycles. The zero-order valence-electron chi connectivity index (χ0n) is 8.77. The Morgan fingerprint density at radius 3 is 2.75 bits per heavy atom. The smallest absolute Gasteiger partial charge is 0.231 e. The number of nitrogens with zero attached hydrogens (tertiary/aromatic N) is 1. The second kappa shape index (κ2) is 3.30. The second-order valence-corrected chi connectivity index (χ2v) is 4.10. The van der Waals surface area contributed by atoms with E-state index in [0.717, 1.165) is 24.1 Å². The Morgan fingerprint density at radius 1 is 1.06 bits per heavy atom. The molecule has 2 aromatic rings. The number of para-hydroxylation sites is 1. The minimum atomic E-state index is 0.0107. The predicted molar refractivity (Wildman–Crippen MR) is 61.8 cm³/mol. The molecule has 0 saturated heterocycles. The van der Waals surface area contributed by atoms with Gasteiger partial charge in [-0.15, -0.1) is 0 Å². The largest absolute Gasteiger partial charge is 0.289 e. The number of aryl methyl sites for hydroxylation is 1. The molecule has 1 aromatic heterocycles. The summed E-state index contributed by atoms with van der Waals surface area (Å²) in [4.78, 5) is 23.7. The zero-order valence-corrected chi connectivity index (χ0v) is 8.77. The fourth-order valence-electron chi connectivity index (χ4n) is 2.34. The molecule has 3 rings (SSSR count). The third kappa shape index (κ3) is 1.21. The van der Waals surface area contributed by atoms with Crippen LogP contribution in [0.4, 0.5) is 0 Å². The van der Waals surface area contributed by atoms with Crippen molar-refractivity contribution >= 4 is 16.8 Å². The van der Waals surface area contributed by atoms with Gasteiger partial charge in [-0.25, -0.2) is 0 Å². The molecule has 0 N–H and O–H groups in total. The van der Waals surface area contributed by atoms with E-state index in [0.29, 0.717) is 11.8 Å². The van der Waals surface area contributed by atoms with Gasteiger partial charge in [-0.05, 0) is 25.0 Å². The first-order chi connectivity index (χ1) is 7.77. The van der Waals surface area contributed by atoms with Gasteiger partial charge in [0.15, 0.2) is 5.43 Å². The molecule has 1 aliphatic rings. The average molecular weight is 213 g/mol. The van der Waals surface area contributed by atoms with Crippen molar-refractivity contribution < 1.29 is 4.79 Å². The van der Waals surface area contributed by atoms with Crippen molar-refractivity contribution in [1.82, 2.24) is 4.57 Å². The Balaban J connectivity index is 2.50. The summed E-state index contributed by atoms with van der Waals surface area (Å²) in [5, 5.41) is 0.626. The zero-order chi connectivity index (χ0) is 11.1. The molecule has 3 heteroatoms. The van der Waals surface area contributed by atoms with E-state index in [1.165, 1.54) is 0 Å². The van der Waals surface area contributed by atoms with Crippen molar-refractivity contribution in [1.29, 1.82) is 0 Å². The van der Waals surface area contributed by atoms with E-state index in [2.05, 4.69) is 0 Å². The normalized spacial score (nSPS) is 15.1. The van der Waals surface area contributed by atoms with Gasteiger partial charge >= 0.3 is 0 Å². The topological polar surface area (TPSA) is 39.1 Å². The fourth-order valence-corrected chi connectivity index (χ4v) is 2.34. The first-order valence-electron chi connectivity index (χ1n) is 5.44. The highest BCUT2D eigenvalue weighted by atomic mass is 16.2. The lowest BCUT2D eigenvalue weighted by Crippen LogP contribution is -2.24. The number of fused-ring (bicyclic) bond motifs is 3. The van der Waals surface area contributed by atoms with Crippen molar-refractivity contribution in [2.75, 3.05) is 0 Å². The lowest BCUT2D eigenvalue weighted by Gasteiger charge is -2.19. The van der Waals surface area contributed by atoms with Crippen LogP contribution in [-0.2, 0) is 6.42 Å². The van der Waals surface area contributed by atoms with E-state index in [4.69, 9.17) is 0 Å². The van der Waals surface area contributed by atoms with Gasteiger partial charge in [-0.3, -0.25) is 14.2 Å². The maximum Gasteiger partial charge on any atom is 0.231 e. The maximum absolute atomic E-state index is 11.9. The Labute approximate surface area is 92.3 Å². The van der Waals surface area contributed by atoms with Crippen molar-refractivity contribution in [3.8, 4) is 0 Å². The number of hydrogen-bond donors (Lipinski definition) is 0. The molecular weight excluding hydrogens is 202 g/mol. The SMILES string of the molecule is O=C1CCCc2cc(=O)c3ccccc3n21. The Kier molecular flexibility index (Phi) is 1.93. The predicted octanol–water partition coefficient (Wildman–Crippen LogP) is 1.98. The summed E-state index contributed by atoms with van der Waals surface area (Å²) in [5.41, 5.74) is 1.60. The molecule has 0 unspecified atom stereocenters. The van der Waals surface area contributed by atoms with Gasteiger partial charge in [-0.2, -0.15) is 0 Å². The fraction of sp³-hybridized carbons (Fsp3) is 0.231. The Morgan fingerprint density at radius 2 is 1.88 bits per heavy atom. The second-order valence-electron chi connectivity index (χ2n) is 4.10. The van der Waals surface area contributed by atoms with Crippen molar-refractivity contribution in [2.24, 2.45) is 0 Å². The summed E-state index contributed by atoms with van der Waals surface area (Å²) >= 11 is 0. The van der Waals surface area contributed by atoms with Crippen LogP contribution in [0, 0.1) is 0 Å².